The number of hydrogen-bond donors (Lipinski definition) is 13. The minimum Gasteiger partial charge on any atom is -0.350 e. The van der Waals surface area contributed by atoms with E-state index in [-0.39, 0.29) is 58.8 Å². The summed E-state index contributed by atoms with van der Waals surface area (Å²) in [4.78, 5) is 64.9. The Kier molecular flexibility index (Phi) is 26.7. The summed E-state index contributed by atoms with van der Waals surface area (Å²) in [5.74, 6) is 0.919. The van der Waals surface area contributed by atoms with Crippen molar-refractivity contribution in [1.29, 1.82) is 0 Å². The summed E-state index contributed by atoms with van der Waals surface area (Å²) in [6, 6.07) is 60.1. The largest absolute Gasteiger partial charge is 0.350 e. The van der Waals surface area contributed by atoms with Gasteiger partial charge in [-0.3, -0.25) is 19.2 Å². The first kappa shape index (κ1) is 80.5. The Morgan fingerprint density at radius 2 is 0.605 bits per heavy atom. The lowest BCUT2D eigenvalue weighted by Crippen LogP contribution is -2.37. The second-order valence-corrected chi connectivity index (χ2v) is 30.3. The summed E-state index contributed by atoms with van der Waals surface area (Å²) >= 11 is 0. The second kappa shape index (κ2) is 37.9. The molecule has 0 spiro atoms. The molecule has 13 aromatic rings. The van der Waals surface area contributed by atoms with E-state index in [4.69, 9.17) is 28.7 Å². The van der Waals surface area contributed by atoms with Gasteiger partial charge in [-0.05, 0) is 251 Å². The van der Waals surface area contributed by atoms with Gasteiger partial charge in [0.15, 0.2) is 0 Å². The fourth-order valence-corrected chi connectivity index (χ4v) is 16.3. The topological polar surface area (TPSA) is 310 Å². The molecule has 590 valence electrons. The van der Waals surface area contributed by atoms with Crippen molar-refractivity contribution in [3.05, 3.63) is 264 Å². The summed E-state index contributed by atoms with van der Waals surface area (Å²) in [6.07, 6.45) is 11.5. The Balaban J connectivity index is 0.000000133. The number of amides is 4. The molecule has 0 aliphatic heterocycles. The third-order valence-electron chi connectivity index (χ3n) is 22.4. The number of rotatable bonds is 23. The molecule has 3 saturated carbocycles. The first-order valence-electron chi connectivity index (χ1n) is 39.4. The standard InChI is InChI=1S/C28H27F2N3O.2C22H24FN3O.C20H23FN4O/c29-22-8-3-19(4-9-22)21-7-12-24-25(14-21)33-27(26(24)20-5-10-23(30)11-6-20)28(34)32-16-18-2-1-17(13-18)15-31;2*23-17-9-7-16(8-10-17)20-18-3-1-2-4-19(18)26-21(20)22(27)25-13-15-6-5-14(11-15)12-24;21-14-9-7-13(8-10-14)18-16-5-1-2-6-17(16)25-19(18)20(26)24-12-15(23)4-3-11-22/h3-12,14,17-18,33H,1-2,13,15-16,31H2,(H,32,34);2*1-4,7-10,14-15,26H,5-6,11-13,24H2,(H,25,27);1-2,5-10,15,25H,3-4,11-12,22-23H2,(H,24,26)/t17-,18-;14-,15+;14-,15-;15-/m0100/s1. The molecule has 114 heavy (non-hydrogen) atoms. The molecule has 4 aromatic heterocycles. The molecular weight excluding hydrogens is 1450 g/mol. The van der Waals surface area contributed by atoms with E-state index < -0.39 is 0 Å². The first-order valence-corrected chi connectivity index (χ1v) is 39.4. The molecule has 7 atom stereocenters. The maximum atomic E-state index is 13.6. The average molecular weight is 1540 g/mol. The lowest BCUT2D eigenvalue weighted by Gasteiger charge is -2.12. The van der Waals surface area contributed by atoms with E-state index in [1.54, 1.807) is 60.7 Å². The zero-order valence-electron chi connectivity index (χ0n) is 63.6. The normalized spacial score (nSPS) is 17.4. The van der Waals surface area contributed by atoms with Gasteiger partial charge < -0.3 is 69.9 Å². The highest BCUT2D eigenvalue weighted by Gasteiger charge is 2.30. The zero-order chi connectivity index (χ0) is 79.8. The molecule has 22 heteroatoms. The third kappa shape index (κ3) is 19.6. The van der Waals surface area contributed by atoms with E-state index >= 15 is 0 Å². The monoisotopic (exact) mass is 1540 g/mol. The Morgan fingerprint density at radius 1 is 0.333 bits per heavy atom. The highest BCUT2D eigenvalue weighted by Crippen LogP contribution is 2.40. The van der Waals surface area contributed by atoms with Crippen molar-refractivity contribution in [1.82, 2.24) is 41.2 Å². The van der Waals surface area contributed by atoms with Crippen LogP contribution in [0, 0.1) is 64.6 Å². The quantitative estimate of drug-likeness (QED) is 0.0270. The van der Waals surface area contributed by atoms with Crippen LogP contribution < -0.4 is 49.9 Å². The number of aromatic amines is 4. The number of para-hydroxylation sites is 3. The molecule has 0 bridgehead atoms. The van der Waals surface area contributed by atoms with Crippen molar-refractivity contribution in [2.45, 2.75) is 76.7 Å². The van der Waals surface area contributed by atoms with Crippen LogP contribution in [-0.2, 0) is 0 Å². The lowest BCUT2D eigenvalue weighted by molar-refractivity contribution is 0.0935. The van der Waals surface area contributed by atoms with E-state index in [9.17, 15) is 41.1 Å². The van der Waals surface area contributed by atoms with Gasteiger partial charge in [0.2, 0.25) is 0 Å². The molecule has 16 rings (SSSR count). The Labute approximate surface area is 659 Å². The summed E-state index contributed by atoms with van der Waals surface area (Å²) in [5.41, 5.74) is 42.3. The van der Waals surface area contributed by atoms with Crippen molar-refractivity contribution in [3.63, 3.8) is 0 Å². The summed E-state index contributed by atoms with van der Waals surface area (Å²) in [6.45, 7) is 5.02. The molecule has 0 saturated heterocycles. The maximum absolute atomic E-state index is 13.6. The number of benzene rings is 9. The van der Waals surface area contributed by atoms with Crippen LogP contribution in [0.2, 0.25) is 0 Å². The van der Waals surface area contributed by atoms with E-state index in [2.05, 4.69) is 41.2 Å². The Morgan fingerprint density at radius 3 is 0.912 bits per heavy atom. The third-order valence-corrected chi connectivity index (χ3v) is 22.4. The molecular formula is C92H98F5N13O4. The van der Waals surface area contributed by atoms with Crippen molar-refractivity contribution in [2.24, 2.45) is 64.2 Å². The van der Waals surface area contributed by atoms with Gasteiger partial charge in [-0.2, -0.15) is 0 Å². The molecule has 17 nitrogen and oxygen atoms in total. The van der Waals surface area contributed by atoms with Gasteiger partial charge in [0, 0.05) is 98.1 Å². The molecule has 4 amide bonds. The van der Waals surface area contributed by atoms with E-state index in [1.807, 2.05) is 91.0 Å². The number of nitrogens with two attached hydrogens (primary N) is 5. The molecule has 0 unspecified atom stereocenters. The summed E-state index contributed by atoms with van der Waals surface area (Å²) in [7, 11) is 0. The van der Waals surface area contributed by atoms with Crippen molar-refractivity contribution < 1.29 is 41.1 Å². The number of carbonyl (C=O) groups is 4. The zero-order valence-corrected chi connectivity index (χ0v) is 63.6. The average Bonchev–Trinajstić information content (AvgIpc) is 1.63. The van der Waals surface area contributed by atoms with Gasteiger partial charge in [0.25, 0.3) is 23.6 Å². The summed E-state index contributed by atoms with van der Waals surface area (Å²) in [5, 5.41) is 15.8. The highest BCUT2D eigenvalue weighted by atomic mass is 19.1. The Bertz CT molecular complexity index is 5270. The van der Waals surface area contributed by atoms with E-state index in [0.29, 0.717) is 97.6 Å². The van der Waals surface area contributed by atoms with Crippen molar-refractivity contribution >= 4 is 67.2 Å². The van der Waals surface area contributed by atoms with Crippen LogP contribution in [0.1, 0.15) is 113 Å². The number of aromatic nitrogens is 4. The molecule has 3 aliphatic carbocycles. The Hall–Kier alpha value is -11.5. The van der Waals surface area contributed by atoms with Crippen LogP contribution >= 0.6 is 0 Å². The smallest absolute Gasteiger partial charge is 0.268 e. The number of nitrogens with one attached hydrogen (secondary N) is 8. The van der Waals surface area contributed by atoms with Crippen LogP contribution in [0.15, 0.2) is 212 Å². The van der Waals surface area contributed by atoms with Crippen LogP contribution in [0.3, 0.4) is 0 Å². The predicted octanol–water partition coefficient (Wildman–Crippen LogP) is 16.8. The lowest BCUT2D eigenvalue weighted by atomic mass is 9.98. The van der Waals surface area contributed by atoms with E-state index in [1.165, 1.54) is 60.7 Å². The van der Waals surface area contributed by atoms with Gasteiger partial charge in [-0.25, -0.2) is 22.0 Å². The number of halogens is 5. The van der Waals surface area contributed by atoms with Crippen LogP contribution in [0.5, 0.6) is 0 Å². The SMILES string of the molecule is NCCC[C@H](N)CNC(=O)c1[nH]c2ccccc2c1-c1ccc(F)cc1.NC[C@@H]1CC[C@H](CNC(=O)c2[nH]c3ccccc3c2-c2ccc(F)cc2)C1.NC[C@H]1CC[C@H](CNC(=O)c2[nH]c3cc(-c4ccc(F)cc4)ccc3c2-c2ccc(F)cc2)C1.NC[C@H]1CC[C@H](CNC(=O)c2[nH]c3ccccc3c2-c2ccc(F)cc2)C1. The van der Waals surface area contributed by atoms with Crippen LogP contribution in [-0.4, -0.2) is 102 Å². The number of hydrogen-bond acceptors (Lipinski definition) is 9. The van der Waals surface area contributed by atoms with Gasteiger partial charge in [-0.1, -0.05) is 127 Å². The minimum atomic E-state index is -0.330. The van der Waals surface area contributed by atoms with E-state index in [0.717, 1.165) is 183 Å². The molecule has 3 aliphatic rings. The molecule has 0 radical (unpaired) electrons. The molecule has 3 fully saturated rings. The fraction of sp³-hybridized carbons (Fsp3) is 0.283. The number of H-pyrrole nitrogens is 4. The van der Waals surface area contributed by atoms with Gasteiger partial charge in [-0.15, -0.1) is 0 Å². The van der Waals surface area contributed by atoms with Crippen LogP contribution in [0.25, 0.3) is 99.2 Å². The van der Waals surface area contributed by atoms with Gasteiger partial charge >= 0.3 is 0 Å². The predicted molar refractivity (Wildman–Crippen MR) is 445 cm³/mol. The van der Waals surface area contributed by atoms with Gasteiger partial charge in [0.1, 0.15) is 51.9 Å². The second-order valence-electron chi connectivity index (χ2n) is 30.3. The maximum Gasteiger partial charge on any atom is 0.268 e. The van der Waals surface area contributed by atoms with Crippen molar-refractivity contribution in [3.8, 4) is 55.6 Å². The molecule has 18 N–H and O–H groups in total. The van der Waals surface area contributed by atoms with Gasteiger partial charge in [0.05, 0.1) is 0 Å². The number of fused-ring (bicyclic) bond motifs is 4. The first-order chi connectivity index (χ1) is 55.4. The molecule has 4 heterocycles. The fourth-order valence-electron chi connectivity index (χ4n) is 16.3. The molecule has 9 aromatic carbocycles. The number of carbonyl (C=O) groups excluding carboxylic acids is 4. The highest BCUT2D eigenvalue weighted by molar-refractivity contribution is 6.13. The van der Waals surface area contributed by atoms with Crippen LogP contribution in [0.4, 0.5) is 22.0 Å². The van der Waals surface area contributed by atoms with Crippen molar-refractivity contribution in [2.75, 3.05) is 52.4 Å². The summed E-state index contributed by atoms with van der Waals surface area (Å²) < 4.78 is 67.0. The minimum absolute atomic E-state index is 0.123.